The second kappa shape index (κ2) is 7.53. The van der Waals surface area contributed by atoms with E-state index in [0.717, 1.165) is 11.1 Å². The number of hydrogen-bond donors (Lipinski definition) is 1. The summed E-state index contributed by atoms with van der Waals surface area (Å²) in [7, 11) is -0.290. The van der Waals surface area contributed by atoms with E-state index in [4.69, 9.17) is 29.1 Å². The van der Waals surface area contributed by atoms with Crippen LogP contribution < -0.4 is 19.9 Å². The third-order valence-corrected chi connectivity index (χ3v) is 9.53. The number of benzene rings is 1. The normalized spacial score (nSPS) is 15.4. The molecule has 0 spiro atoms. The minimum Gasteiger partial charge on any atom is -0.467 e. The summed E-state index contributed by atoms with van der Waals surface area (Å²) < 4.78 is 28.2. The zero-order chi connectivity index (χ0) is 18.8. The van der Waals surface area contributed by atoms with E-state index in [-0.39, 0.29) is 24.7 Å². The summed E-state index contributed by atoms with van der Waals surface area (Å²) in [5, 5.41) is 0.133. The molecule has 0 bridgehead atoms. The van der Waals surface area contributed by atoms with Gasteiger partial charge in [0.05, 0.1) is 12.6 Å². The lowest BCUT2D eigenvalue weighted by atomic mass is 10.0. The monoisotopic (exact) mass is 369 g/mol. The first-order valence-corrected chi connectivity index (χ1v) is 11.4. The molecule has 1 aromatic rings. The van der Waals surface area contributed by atoms with Gasteiger partial charge in [0.1, 0.15) is 5.75 Å². The van der Waals surface area contributed by atoms with E-state index in [1.165, 1.54) is 0 Å². The van der Waals surface area contributed by atoms with Crippen LogP contribution in [0.25, 0.3) is 0 Å². The van der Waals surface area contributed by atoms with Crippen molar-refractivity contribution in [1.82, 2.24) is 0 Å². The van der Waals surface area contributed by atoms with E-state index in [1.54, 1.807) is 7.11 Å². The number of hydrogen-bond acceptors (Lipinski definition) is 6. The summed E-state index contributed by atoms with van der Waals surface area (Å²) in [5.74, 6) is 2.06. The van der Waals surface area contributed by atoms with Gasteiger partial charge in [-0.2, -0.15) is 0 Å². The molecule has 2 N–H and O–H groups in total. The van der Waals surface area contributed by atoms with Crippen LogP contribution in [0.3, 0.4) is 0 Å². The van der Waals surface area contributed by atoms with Crippen molar-refractivity contribution in [2.45, 2.75) is 51.9 Å². The number of rotatable bonds is 7. The zero-order valence-electron chi connectivity index (χ0n) is 16.4. The van der Waals surface area contributed by atoms with E-state index in [0.29, 0.717) is 23.9 Å². The molecule has 0 saturated heterocycles. The Bertz CT molecular complexity index is 612. The molecule has 25 heavy (non-hydrogen) atoms. The Labute approximate surface area is 151 Å². The predicted molar refractivity (Wildman–Crippen MR) is 99.9 cm³/mol. The first-order valence-electron chi connectivity index (χ1n) is 8.53. The summed E-state index contributed by atoms with van der Waals surface area (Å²) in [5.41, 5.74) is 8.16. The van der Waals surface area contributed by atoms with Crippen molar-refractivity contribution < 1.29 is 23.4 Å². The number of ether oxygens (including phenoxy) is 4. The fourth-order valence-electron chi connectivity index (χ4n) is 2.35. The van der Waals surface area contributed by atoms with Crippen molar-refractivity contribution in [3.05, 3.63) is 17.2 Å². The second-order valence-corrected chi connectivity index (χ2v) is 12.7. The third-order valence-electron chi connectivity index (χ3n) is 5.03. The van der Waals surface area contributed by atoms with Crippen molar-refractivity contribution in [2.75, 3.05) is 27.3 Å². The molecule has 0 saturated carbocycles. The first-order chi connectivity index (χ1) is 11.6. The molecule has 0 fully saturated rings. The van der Waals surface area contributed by atoms with E-state index in [2.05, 4.69) is 33.9 Å². The molecular weight excluding hydrogens is 338 g/mol. The average Bonchev–Trinajstić information content (AvgIpc) is 3.01. The van der Waals surface area contributed by atoms with Gasteiger partial charge in [0.2, 0.25) is 6.79 Å². The van der Waals surface area contributed by atoms with Gasteiger partial charge >= 0.3 is 0 Å². The second-order valence-electron chi connectivity index (χ2n) is 7.88. The highest BCUT2D eigenvalue weighted by Crippen LogP contribution is 2.45. The van der Waals surface area contributed by atoms with Crippen LogP contribution in [0.5, 0.6) is 17.2 Å². The van der Waals surface area contributed by atoms with Gasteiger partial charge in [-0.15, -0.1) is 0 Å². The standard InChI is InChI=1S/C18H31NO5Si/c1-12-15(21-10-20-5)8-13(17-16(12)22-11-23-17)14(19)9-24-25(6,7)18(2,3)4/h8,14H,9-11,19H2,1-7H3/t14-/m0/s1. The quantitative estimate of drug-likeness (QED) is 0.583. The lowest BCUT2D eigenvalue weighted by Crippen LogP contribution is -2.42. The molecule has 0 aromatic heterocycles. The van der Waals surface area contributed by atoms with E-state index in [9.17, 15) is 0 Å². The van der Waals surface area contributed by atoms with Crippen molar-refractivity contribution in [2.24, 2.45) is 5.73 Å². The number of nitrogens with two attached hydrogens (primary N) is 1. The van der Waals surface area contributed by atoms with Crippen LogP contribution in [0.1, 0.15) is 37.9 Å². The molecule has 7 heteroatoms. The fraction of sp³-hybridized carbons (Fsp3) is 0.667. The summed E-state index contributed by atoms with van der Waals surface area (Å²) in [6.07, 6.45) is 0. The zero-order valence-corrected chi connectivity index (χ0v) is 17.4. The Balaban J connectivity index is 2.24. The minimum absolute atomic E-state index is 0.133. The smallest absolute Gasteiger partial charge is 0.231 e. The molecule has 1 aliphatic heterocycles. The Morgan fingerprint density at radius 2 is 1.88 bits per heavy atom. The summed E-state index contributed by atoms with van der Waals surface area (Å²) in [4.78, 5) is 0. The molecule has 1 atom stereocenters. The van der Waals surface area contributed by atoms with Crippen molar-refractivity contribution in [1.29, 1.82) is 0 Å². The first kappa shape index (κ1) is 20.0. The summed E-state index contributed by atoms with van der Waals surface area (Å²) >= 11 is 0. The van der Waals surface area contributed by atoms with Crippen molar-refractivity contribution >= 4 is 8.32 Å². The SMILES string of the molecule is COCOc1cc([C@@H](N)CO[Si](C)(C)C(C)(C)C)c2c(c1C)OCO2. The molecule has 0 unspecified atom stereocenters. The lowest BCUT2D eigenvalue weighted by Gasteiger charge is -2.37. The summed E-state index contributed by atoms with van der Waals surface area (Å²) in [6.45, 7) is 13.8. The molecule has 1 heterocycles. The topological polar surface area (TPSA) is 72.2 Å². The molecule has 0 radical (unpaired) electrons. The lowest BCUT2D eigenvalue weighted by molar-refractivity contribution is 0.0504. The van der Waals surface area contributed by atoms with Gasteiger partial charge in [-0.25, -0.2) is 0 Å². The molecule has 1 aliphatic rings. The van der Waals surface area contributed by atoms with Crippen LogP contribution in [0, 0.1) is 6.92 Å². The van der Waals surface area contributed by atoms with Crippen molar-refractivity contribution in [3.63, 3.8) is 0 Å². The molecule has 142 valence electrons. The van der Waals surface area contributed by atoms with Gasteiger partial charge in [0.25, 0.3) is 0 Å². The van der Waals surface area contributed by atoms with E-state index < -0.39 is 8.32 Å². The van der Waals surface area contributed by atoms with E-state index >= 15 is 0 Å². The third kappa shape index (κ3) is 4.28. The molecule has 1 aromatic carbocycles. The van der Waals surface area contributed by atoms with Crippen molar-refractivity contribution in [3.8, 4) is 17.2 Å². The van der Waals surface area contributed by atoms with Gasteiger partial charge in [0, 0.05) is 18.2 Å². The van der Waals surface area contributed by atoms with Crippen LogP contribution in [0.4, 0.5) is 0 Å². The Morgan fingerprint density at radius 1 is 1.24 bits per heavy atom. The minimum atomic E-state index is -1.87. The maximum atomic E-state index is 6.44. The van der Waals surface area contributed by atoms with Gasteiger partial charge in [-0.3, -0.25) is 0 Å². The Kier molecular flexibility index (Phi) is 6.04. The highest BCUT2D eigenvalue weighted by Gasteiger charge is 2.38. The van der Waals surface area contributed by atoms with Crippen LogP contribution in [-0.4, -0.2) is 35.6 Å². The molecular formula is C18H31NO5Si. The Morgan fingerprint density at radius 3 is 2.48 bits per heavy atom. The van der Waals surface area contributed by atoms with Gasteiger partial charge in [-0.1, -0.05) is 20.8 Å². The van der Waals surface area contributed by atoms with Crippen LogP contribution >= 0.6 is 0 Å². The van der Waals surface area contributed by atoms with Gasteiger partial charge in [-0.05, 0) is 31.1 Å². The molecule has 2 rings (SSSR count). The average molecular weight is 370 g/mol. The summed E-state index contributed by atoms with van der Waals surface area (Å²) in [6, 6.07) is 1.58. The van der Waals surface area contributed by atoms with Crippen LogP contribution in [0.2, 0.25) is 18.1 Å². The van der Waals surface area contributed by atoms with Crippen LogP contribution in [-0.2, 0) is 9.16 Å². The Hall–Kier alpha value is -1.28. The fourth-order valence-corrected chi connectivity index (χ4v) is 3.38. The van der Waals surface area contributed by atoms with Gasteiger partial charge < -0.3 is 29.1 Å². The number of methoxy groups -OCH3 is 1. The molecule has 6 nitrogen and oxygen atoms in total. The van der Waals surface area contributed by atoms with Gasteiger partial charge in [0.15, 0.2) is 26.6 Å². The van der Waals surface area contributed by atoms with E-state index in [1.807, 2.05) is 13.0 Å². The highest BCUT2D eigenvalue weighted by atomic mass is 28.4. The van der Waals surface area contributed by atoms with Crippen LogP contribution in [0.15, 0.2) is 6.07 Å². The highest BCUT2D eigenvalue weighted by molar-refractivity contribution is 6.74. The maximum absolute atomic E-state index is 6.44. The molecule has 0 aliphatic carbocycles. The number of fused-ring (bicyclic) bond motifs is 1. The molecule has 0 amide bonds. The predicted octanol–water partition coefficient (Wildman–Crippen LogP) is 3.73. The maximum Gasteiger partial charge on any atom is 0.231 e. The largest absolute Gasteiger partial charge is 0.467 e.